The molecular formula is C16H22BrClN2O. The Labute approximate surface area is 140 Å². The molecule has 1 N–H and O–H groups in total. The van der Waals surface area contributed by atoms with Gasteiger partial charge in [0.2, 0.25) is 0 Å². The second-order valence-corrected chi connectivity index (χ2v) is 7.25. The molecular weight excluding hydrogens is 352 g/mol. The fourth-order valence-electron chi connectivity index (χ4n) is 2.74. The predicted molar refractivity (Wildman–Crippen MR) is 90.9 cm³/mol. The molecule has 0 radical (unpaired) electrons. The molecule has 21 heavy (non-hydrogen) atoms. The van der Waals surface area contributed by atoms with E-state index in [1.165, 1.54) is 19.4 Å². The molecule has 1 aromatic carbocycles. The molecule has 2 rings (SSSR count). The average molecular weight is 374 g/mol. The van der Waals surface area contributed by atoms with E-state index in [2.05, 4.69) is 40.0 Å². The number of nitrogens with zero attached hydrogens (tertiary/aromatic N) is 1. The molecule has 0 spiro atoms. The lowest BCUT2D eigenvalue weighted by Gasteiger charge is -2.35. The summed E-state index contributed by atoms with van der Waals surface area (Å²) in [4.78, 5) is 14.7. The molecule has 1 amide bonds. The van der Waals surface area contributed by atoms with Crippen LogP contribution in [0, 0.1) is 5.92 Å². The van der Waals surface area contributed by atoms with Crippen LogP contribution in [0.2, 0.25) is 5.02 Å². The first-order chi connectivity index (χ1) is 9.97. The van der Waals surface area contributed by atoms with Gasteiger partial charge in [0.05, 0.1) is 10.6 Å². The van der Waals surface area contributed by atoms with E-state index in [9.17, 15) is 4.79 Å². The quantitative estimate of drug-likeness (QED) is 0.866. The van der Waals surface area contributed by atoms with Crippen molar-refractivity contribution in [2.75, 3.05) is 19.6 Å². The highest BCUT2D eigenvalue weighted by molar-refractivity contribution is 9.10. The summed E-state index contributed by atoms with van der Waals surface area (Å²) >= 11 is 9.46. The fourth-order valence-corrected chi connectivity index (χ4v) is 3.50. The van der Waals surface area contributed by atoms with E-state index >= 15 is 0 Å². The normalized spacial score (nSPS) is 19.8. The summed E-state index contributed by atoms with van der Waals surface area (Å²) in [5.41, 5.74) is 0.538. The van der Waals surface area contributed by atoms with Crippen molar-refractivity contribution in [1.82, 2.24) is 10.2 Å². The van der Waals surface area contributed by atoms with Gasteiger partial charge in [0.15, 0.2) is 0 Å². The van der Waals surface area contributed by atoms with E-state index in [0.717, 1.165) is 11.0 Å². The van der Waals surface area contributed by atoms with Gasteiger partial charge in [0.1, 0.15) is 0 Å². The number of hydrogen-bond acceptors (Lipinski definition) is 2. The van der Waals surface area contributed by atoms with Crippen LogP contribution in [0.3, 0.4) is 0 Å². The molecule has 0 bridgehead atoms. The molecule has 1 aromatic rings. The van der Waals surface area contributed by atoms with Crippen LogP contribution in [0.1, 0.15) is 37.0 Å². The van der Waals surface area contributed by atoms with E-state index in [1.54, 1.807) is 12.1 Å². The molecule has 3 nitrogen and oxygen atoms in total. The second-order valence-electron chi connectivity index (χ2n) is 5.93. The third-order valence-electron chi connectivity index (χ3n) is 4.01. The Morgan fingerprint density at radius 2 is 2.29 bits per heavy atom. The van der Waals surface area contributed by atoms with E-state index in [-0.39, 0.29) is 5.91 Å². The zero-order valence-corrected chi connectivity index (χ0v) is 14.9. The average Bonchev–Trinajstić information content (AvgIpc) is 2.45. The molecule has 1 saturated heterocycles. The van der Waals surface area contributed by atoms with Crippen LogP contribution in [0.4, 0.5) is 0 Å². The van der Waals surface area contributed by atoms with Gasteiger partial charge in [-0.15, -0.1) is 0 Å². The van der Waals surface area contributed by atoms with Crippen molar-refractivity contribution < 1.29 is 4.79 Å². The number of amides is 1. The lowest BCUT2D eigenvalue weighted by atomic mass is 9.97. The van der Waals surface area contributed by atoms with Crippen LogP contribution < -0.4 is 5.32 Å². The Kier molecular flexibility index (Phi) is 6.08. The van der Waals surface area contributed by atoms with Crippen LogP contribution in [-0.2, 0) is 0 Å². The van der Waals surface area contributed by atoms with Gasteiger partial charge < -0.3 is 10.2 Å². The summed E-state index contributed by atoms with van der Waals surface area (Å²) in [6.07, 6.45) is 2.38. The summed E-state index contributed by atoms with van der Waals surface area (Å²) < 4.78 is 0.879. The van der Waals surface area contributed by atoms with Crippen molar-refractivity contribution in [2.45, 2.75) is 32.7 Å². The highest BCUT2D eigenvalue weighted by atomic mass is 79.9. The first kappa shape index (κ1) is 16.8. The second kappa shape index (κ2) is 7.61. The molecule has 0 aliphatic carbocycles. The zero-order chi connectivity index (χ0) is 15.4. The largest absolute Gasteiger partial charge is 0.352 e. The third-order valence-corrected chi connectivity index (χ3v) is 4.81. The monoisotopic (exact) mass is 372 g/mol. The number of piperidine rings is 1. The Morgan fingerprint density at radius 3 is 2.95 bits per heavy atom. The van der Waals surface area contributed by atoms with E-state index in [0.29, 0.717) is 29.1 Å². The maximum atomic E-state index is 12.2. The number of carbonyl (C=O) groups is 1. The molecule has 5 heteroatoms. The predicted octanol–water partition coefficient (Wildman–Crippen LogP) is 3.95. The molecule has 1 fully saturated rings. The minimum atomic E-state index is -0.0887. The van der Waals surface area contributed by atoms with Crippen molar-refractivity contribution in [2.24, 2.45) is 5.92 Å². The highest BCUT2D eigenvalue weighted by Gasteiger charge is 2.22. The van der Waals surface area contributed by atoms with E-state index in [1.807, 2.05) is 6.07 Å². The maximum Gasteiger partial charge on any atom is 0.252 e. The lowest BCUT2D eigenvalue weighted by molar-refractivity contribution is 0.0923. The van der Waals surface area contributed by atoms with Gasteiger partial charge in [0, 0.05) is 23.6 Å². The van der Waals surface area contributed by atoms with Gasteiger partial charge in [-0.05, 0) is 57.4 Å². The Balaban J connectivity index is 1.89. The summed E-state index contributed by atoms with van der Waals surface area (Å²) in [7, 11) is 0. The molecule has 0 saturated carbocycles. The Morgan fingerprint density at radius 1 is 1.52 bits per heavy atom. The fraction of sp³-hybridized carbons (Fsp3) is 0.562. The number of hydrogen-bond donors (Lipinski definition) is 1. The topological polar surface area (TPSA) is 32.3 Å². The molecule has 1 atom stereocenters. The van der Waals surface area contributed by atoms with Crippen LogP contribution in [0.5, 0.6) is 0 Å². The van der Waals surface area contributed by atoms with Gasteiger partial charge in [0.25, 0.3) is 5.91 Å². The van der Waals surface area contributed by atoms with Gasteiger partial charge in [-0.25, -0.2) is 0 Å². The van der Waals surface area contributed by atoms with Gasteiger partial charge >= 0.3 is 0 Å². The van der Waals surface area contributed by atoms with E-state index < -0.39 is 0 Å². The first-order valence-electron chi connectivity index (χ1n) is 7.44. The van der Waals surface area contributed by atoms with Gasteiger partial charge in [-0.1, -0.05) is 27.5 Å². The Bertz CT molecular complexity index is 507. The van der Waals surface area contributed by atoms with Crippen LogP contribution in [0.25, 0.3) is 0 Å². The number of carbonyl (C=O) groups excluding carboxylic acids is 1. The summed E-state index contributed by atoms with van der Waals surface area (Å²) in [6, 6.07) is 5.91. The maximum absolute atomic E-state index is 12.2. The van der Waals surface area contributed by atoms with Crippen LogP contribution >= 0.6 is 27.5 Å². The minimum absolute atomic E-state index is 0.0887. The number of halogens is 2. The highest BCUT2D eigenvalue weighted by Crippen LogP contribution is 2.22. The van der Waals surface area contributed by atoms with Crippen LogP contribution in [0.15, 0.2) is 22.7 Å². The number of likely N-dealkylation sites (tertiary alicyclic amines) is 1. The van der Waals surface area contributed by atoms with E-state index in [4.69, 9.17) is 11.6 Å². The SMILES string of the molecule is CC(C)N1CCCC(CNC(=O)c2ccc(Br)cc2Cl)C1. The van der Waals surface area contributed by atoms with Crippen molar-refractivity contribution in [3.63, 3.8) is 0 Å². The summed E-state index contributed by atoms with van der Waals surface area (Å²) in [6.45, 7) is 7.40. The van der Waals surface area contributed by atoms with Crippen molar-refractivity contribution in [3.8, 4) is 0 Å². The number of nitrogens with one attached hydrogen (secondary N) is 1. The lowest BCUT2D eigenvalue weighted by Crippen LogP contribution is -2.43. The number of rotatable bonds is 4. The van der Waals surface area contributed by atoms with Gasteiger partial charge in [-0.2, -0.15) is 0 Å². The van der Waals surface area contributed by atoms with Gasteiger partial charge in [-0.3, -0.25) is 4.79 Å². The van der Waals surface area contributed by atoms with Crippen molar-refractivity contribution in [1.29, 1.82) is 0 Å². The minimum Gasteiger partial charge on any atom is -0.352 e. The smallest absolute Gasteiger partial charge is 0.252 e. The zero-order valence-electron chi connectivity index (χ0n) is 12.5. The first-order valence-corrected chi connectivity index (χ1v) is 8.61. The molecule has 116 valence electrons. The summed E-state index contributed by atoms with van der Waals surface area (Å²) in [5, 5.41) is 3.50. The molecule has 1 heterocycles. The molecule has 1 aliphatic rings. The van der Waals surface area contributed by atoms with Crippen LogP contribution in [-0.4, -0.2) is 36.5 Å². The molecule has 1 aliphatic heterocycles. The number of benzene rings is 1. The Hall–Kier alpha value is -0.580. The third kappa shape index (κ3) is 4.70. The molecule has 0 aromatic heterocycles. The summed E-state index contributed by atoms with van der Waals surface area (Å²) in [5.74, 6) is 0.438. The van der Waals surface area contributed by atoms with Crippen molar-refractivity contribution in [3.05, 3.63) is 33.3 Å². The van der Waals surface area contributed by atoms with Crippen molar-refractivity contribution >= 4 is 33.4 Å². The molecule has 1 unspecified atom stereocenters. The standard InChI is InChI=1S/C16H22BrClN2O/c1-11(2)20-7-3-4-12(10-20)9-19-16(21)14-6-5-13(17)8-15(14)18/h5-6,8,11-12H,3-4,7,9-10H2,1-2H3,(H,19,21).